The first-order valence-corrected chi connectivity index (χ1v) is 22.2. The molecule has 1 atom stereocenters. The Kier molecular flexibility index (Phi) is 36.2. The van der Waals surface area contributed by atoms with E-state index in [-0.39, 0.29) is 19.4 Å². The van der Waals surface area contributed by atoms with Crippen LogP contribution in [-0.4, -0.2) is 41.0 Å². The zero-order chi connectivity index (χ0) is 36.8. The molecule has 9 heteroatoms. The SMILES string of the molecule is CCCCCCCC/C=C\CCCCCCCCCC(=O)OC[C@H](COP(=O)(O)O)OC(=O)CCCCCCC/C=C\CCCCCCCC. The summed E-state index contributed by atoms with van der Waals surface area (Å²) in [6, 6.07) is 0. The van der Waals surface area contributed by atoms with Gasteiger partial charge in [-0.2, -0.15) is 0 Å². The van der Waals surface area contributed by atoms with Gasteiger partial charge in [0.05, 0.1) is 6.61 Å². The van der Waals surface area contributed by atoms with Crippen LogP contribution in [0, 0.1) is 0 Å². The minimum atomic E-state index is -4.75. The Hall–Kier alpha value is -1.47. The Labute approximate surface area is 307 Å². The summed E-state index contributed by atoms with van der Waals surface area (Å²) in [5.74, 6) is -0.894. The van der Waals surface area contributed by atoms with Crippen LogP contribution >= 0.6 is 7.82 Å². The molecule has 8 nitrogen and oxygen atoms in total. The first kappa shape index (κ1) is 48.5. The lowest BCUT2D eigenvalue weighted by Gasteiger charge is -2.18. The third-order valence-electron chi connectivity index (χ3n) is 8.94. The number of rotatable bonds is 38. The third kappa shape index (κ3) is 39.3. The molecule has 0 spiro atoms. The fraction of sp³-hybridized carbons (Fsp3) is 0.854. The second-order valence-electron chi connectivity index (χ2n) is 14.0. The molecule has 0 amide bonds. The van der Waals surface area contributed by atoms with Gasteiger partial charge in [-0.05, 0) is 64.2 Å². The number of hydrogen-bond donors (Lipinski definition) is 2. The van der Waals surface area contributed by atoms with Gasteiger partial charge < -0.3 is 19.3 Å². The molecule has 0 saturated carbocycles. The molecule has 0 aliphatic rings. The van der Waals surface area contributed by atoms with Crippen LogP contribution in [0.5, 0.6) is 0 Å². The largest absolute Gasteiger partial charge is 0.469 e. The summed E-state index contributed by atoms with van der Waals surface area (Å²) in [5, 5.41) is 0. The van der Waals surface area contributed by atoms with Crippen molar-refractivity contribution < 1.29 is 37.9 Å². The van der Waals surface area contributed by atoms with Gasteiger partial charge in [0.15, 0.2) is 6.10 Å². The van der Waals surface area contributed by atoms with Crippen LogP contribution < -0.4 is 0 Å². The molecule has 0 bridgehead atoms. The number of carbonyl (C=O) groups is 2. The second kappa shape index (κ2) is 37.3. The van der Waals surface area contributed by atoms with Crippen LogP contribution in [0.1, 0.15) is 206 Å². The standard InChI is InChI=1S/C41H77O8P/c1-3-5-7-9-11-13-15-17-19-20-22-23-25-27-29-31-33-35-40(42)47-37-39(38-48-50(44,45)46)49-41(43)36-34-32-30-28-26-24-21-18-16-14-12-10-8-6-4-2/h17-19,21,39H,3-16,20,22-38H2,1-2H3,(H2,44,45,46)/b19-17-,21-18-/t39-/m1/s1. The fourth-order valence-electron chi connectivity index (χ4n) is 5.83. The molecule has 0 aliphatic heterocycles. The molecule has 294 valence electrons. The first-order chi connectivity index (χ1) is 24.3. The Morgan fingerprint density at radius 3 is 1.22 bits per heavy atom. The molecular formula is C41H77O8P. The van der Waals surface area contributed by atoms with Gasteiger partial charge in [-0.15, -0.1) is 0 Å². The zero-order valence-electron chi connectivity index (χ0n) is 32.3. The van der Waals surface area contributed by atoms with Crippen LogP contribution in [0.15, 0.2) is 24.3 Å². The smallest absolute Gasteiger partial charge is 0.462 e. The number of ether oxygens (including phenoxy) is 2. The number of esters is 2. The van der Waals surface area contributed by atoms with Gasteiger partial charge in [0.25, 0.3) is 0 Å². The van der Waals surface area contributed by atoms with Crippen LogP contribution in [-0.2, 0) is 28.2 Å². The van der Waals surface area contributed by atoms with E-state index in [1.165, 1.54) is 109 Å². The molecular weight excluding hydrogens is 651 g/mol. The number of phosphoric acid groups is 1. The summed E-state index contributed by atoms with van der Waals surface area (Å²) >= 11 is 0. The van der Waals surface area contributed by atoms with E-state index >= 15 is 0 Å². The Balaban J connectivity index is 3.93. The van der Waals surface area contributed by atoms with E-state index in [4.69, 9.17) is 19.3 Å². The van der Waals surface area contributed by atoms with E-state index in [9.17, 15) is 14.2 Å². The minimum Gasteiger partial charge on any atom is -0.462 e. The second-order valence-corrected chi connectivity index (χ2v) is 15.2. The molecule has 0 aromatic carbocycles. The summed E-state index contributed by atoms with van der Waals surface area (Å²) < 4.78 is 26.4. The molecule has 0 heterocycles. The van der Waals surface area contributed by atoms with Crippen LogP contribution in [0.3, 0.4) is 0 Å². The van der Waals surface area contributed by atoms with Crippen molar-refractivity contribution in [2.45, 2.75) is 213 Å². The third-order valence-corrected chi connectivity index (χ3v) is 9.43. The fourth-order valence-corrected chi connectivity index (χ4v) is 6.19. The molecule has 0 radical (unpaired) electrons. The maximum atomic E-state index is 12.4. The molecule has 0 aliphatic carbocycles. The summed E-state index contributed by atoms with van der Waals surface area (Å²) in [7, 11) is -4.75. The van der Waals surface area contributed by atoms with E-state index in [2.05, 4.69) is 42.7 Å². The molecule has 50 heavy (non-hydrogen) atoms. The first-order valence-electron chi connectivity index (χ1n) is 20.6. The summed E-state index contributed by atoms with van der Waals surface area (Å²) in [5.41, 5.74) is 0. The molecule has 0 aromatic rings. The van der Waals surface area contributed by atoms with Crippen molar-refractivity contribution in [1.29, 1.82) is 0 Å². The van der Waals surface area contributed by atoms with Crippen molar-refractivity contribution in [3.05, 3.63) is 24.3 Å². The van der Waals surface area contributed by atoms with E-state index < -0.39 is 32.5 Å². The van der Waals surface area contributed by atoms with Crippen molar-refractivity contribution in [2.24, 2.45) is 0 Å². The highest BCUT2D eigenvalue weighted by Gasteiger charge is 2.22. The molecule has 0 unspecified atom stereocenters. The monoisotopic (exact) mass is 729 g/mol. The van der Waals surface area contributed by atoms with Crippen molar-refractivity contribution >= 4 is 19.8 Å². The van der Waals surface area contributed by atoms with Gasteiger partial charge in [-0.25, -0.2) is 4.57 Å². The summed E-state index contributed by atoms with van der Waals surface area (Å²) in [4.78, 5) is 42.8. The average Bonchev–Trinajstić information content (AvgIpc) is 3.08. The maximum Gasteiger partial charge on any atom is 0.469 e. The summed E-state index contributed by atoms with van der Waals surface area (Å²) in [6.45, 7) is 3.67. The van der Waals surface area contributed by atoms with E-state index in [0.717, 1.165) is 64.2 Å². The molecule has 0 saturated heterocycles. The highest BCUT2D eigenvalue weighted by Crippen LogP contribution is 2.36. The average molecular weight is 729 g/mol. The minimum absolute atomic E-state index is 0.203. The molecule has 0 aromatic heterocycles. The number of carbonyl (C=O) groups excluding carboxylic acids is 2. The number of allylic oxidation sites excluding steroid dienone is 4. The lowest BCUT2D eigenvalue weighted by molar-refractivity contribution is -0.161. The van der Waals surface area contributed by atoms with Crippen LogP contribution in [0.25, 0.3) is 0 Å². The Morgan fingerprint density at radius 1 is 0.500 bits per heavy atom. The quantitative estimate of drug-likeness (QED) is 0.0279. The van der Waals surface area contributed by atoms with Gasteiger partial charge in [0, 0.05) is 12.8 Å². The van der Waals surface area contributed by atoms with Gasteiger partial charge >= 0.3 is 19.8 Å². The van der Waals surface area contributed by atoms with Crippen molar-refractivity contribution in [2.75, 3.05) is 13.2 Å². The molecule has 0 fully saturated rings. The Bertz CT molecular complexity index is 869. The predicted octanol–water partition coefficient (Wildman–Crippen LogP) is 12.4. The van der Waals surface area contributed by atoms with E-state index in [0.29, 0.717) is 6.42 Å². The highest BCUT2D eigenvalue weighted by atomic mass is 31.2. The van der Waals surface area contributed by atoms with E-state index in [1.807, 2.05) is 0 Å². The molecule has 0 rings (SSSR count). The Morgan fingerprint density at radius 2 is 0.840 bits per heavy atom. The van der Waals surface area contributed by atoms with Crippen molar-refractivity contribution in [3.63, 3.8) is 0 Å². The van der Waals surface area contributed by atoms with Gasteiger partial charge in [-0.1, -0.05) is 154 Å². The van der Waals surface area contributed by atoms with Gasteiger partial charge in [0.1, 0.15) is 6.61 Å². The lowest BCUT2D eigenvalue weighted by atomic mass is 10.1. The van der Waals surface area contributed by atoms with Crippen LogP contribution in [0.2, 0.25) is 0 Å². The topological polar surface area (TPSA) is 119 Å². The van der Waals surface area contributed by atoms with Crippen molar-refractivity contribution in [3.8, 4) is 0 Å². The number of hydrogen-bond acceptors (Lipinski definition) is 6. The number of unbranched alkanes of at least 4 members (excludes halogenated alkanes) is 24. The van der Waals surface area contributed by atoms with Gasteiger partial charge in [-0.3, -0.25) is 14.1 Å². The van der Waals surface area contributed by atoms with E-state index in [1.54, 1.807) is 0 Å². The number of phosphoric ester groups is 1. The van der Waals surface area contributed by atoms with Crippen molar-refractivity contribution in [1.82, 2.24) is 0 Å². The normalized spacial score (nSPS) is 12.6. The molecule has 2 N–H and O–H groups in total. The summed E-state index contributed by atoms with van der Waals surface area (Å²) in [6.07, 6.45) is 41.8. The lowest BCUT2D eigenvalue weighted by Crippen LogP contribution is -2.29. The highest BCUT2D eigenvalue weighted by molar-refractivity contribution is 7.46. The zero-order valence-corrected chi connectivity index (χ0v) is 33.2. The predicted molar refractivity (Wildman–Crippen MR) is 207 cm³/mol. The van der Waals surface area contributed by atoms with Crippen LogP contribution in [0.4, 0.5) is 0 Å². The van der Waals surface area contributed by atoms with Gasteiger partial charge in [0.2, 0.25) is 0 Å². The maximum absolute atomic E-state index is 12.4.